The van der Waals surface area contributed by atoms with Gasteiger partial charge in [-0.15, -0.1) is 0 Å². The lowest BCUT2D eigenvalue weighted by Gasteiger charge is -2.32. The molecular formula is C22H29N3O6. The van der Waals surface area contributed by atoms with E-state index in [2.05, 4.69) is 5.32 Å². The highest BCUT2D eigenvalue weighted by atomic mass is 16.6. The van der Waals surface area contributed by atoms with Gasteiger partial charge in [-0.1, -0.05) is 12.1 Å². The van der Waals surface area contributed by atoms with Crippen LogP contribution in [0.1, 0.15) is 38.7 Å². The third-order valence-electron chi connectivity index (χ3n) is 4.86. The summed E-state index contributed by atoms with van der Waals surface area (Å²) in [4.78, 5) is 38.7. The molecule has 1 aliphatic rings. The summed E-state index contributed by atoms with van der Waals surface area (Å²) < 4.78 is 10.6. The molecule has 0 saturated carbocycles. The highest BCUT2D eigenvalue weighted by Crippen LogP contribution is 2.40. The first kappa shape index (κ1) is 24.1. The SMILES string of the molecule is CCOC(=O)C1=C(C)NC(CCN(C)C)=C(C(=O)OCC)C1c1cccc([N+](=O)[O-])c1. The number of allylic oxidation sites excluding steroid dienone is 1. The van der Waals surface area contributed by atoms with Crippen LogP contribution in [0, 0.1) is 10.1 Å². The predicted molar refractivity (Wildman–Crippen MR) is 115 cm³/mol. The van der Waals surface area contributed by atoms with Crippen LogP contribution in [0.5, 0.6) is 0 Å². The molecule has 1 heterocycles. The molecule has 9 nitrogen and oxygen atoms in total. The van der Waals surface area contributed by atoms with Gasteiger partial charge in [0.1, 0.15) is 0 Å². The summed E-state index contributed by atoms with van der Waals surface area (Å²) in [6.45, 7) is 6.08. The van der Waals surface area contributed by atoms with Gasteiger partial charge in [0, 0.05) is 36.5 Å². The van der Waals surface area contributed by atoms with Crippen LogP contribution in [0.2, 0.25) is 0 Å². The Morgan fingerprint density at radius 1 is 1.13 bits per heavy atom. The van der Waals surface area contributed by atoms with Gasteiger partial charge in [-0.05, 0) is 40.4 Å². The van der Waals surface area contributed by atoms with Crippen molar-refractivity contribution in [1.29, 1.82) is 0 Å². The third kappa shape index (κ3) is 5.69. The third-order valence-corrected chi connectivity index (χ3v) is 4.86. The van der Waals surface area contributed by atoms with Crippen molar-refractivity contribution in [2.24, 2.45) is 0 Å². The van der Waals surface area contributed by atoms with Gasteiger partial charge in [0.2, 0.25) is 0 Å². The molecule has 1 atom stereocenters. The smallest absolute Gasteiger partial charge is 0.336 e. The normalized spacial score (nSPS) is 16.3. The van der Waals surface area contributed by atoms with E-state index < -0.39 is 22.8 Å². The minimum atomic E-state index is -0.851. The van der Waals surface area contributed by atoms with Gasteiger partial charge in [-0.3, -0.25) is 10.1 Å². The molecule has 0 radical (unpaired) electrons. The number of non-ortho nitro benzene ring substituents is 1. The second-order valence-corrected chi connectivity index (χ2v) is 7.34. The van der Waals surface area contributed by atoms with Crippen molar-refractivity contribution in [1.82, 2.24) is 10.2 Å². The predicted octanol–water partition coefficient (Wildman–Crippen LogP) is 2.89. The molecule has 1 aromatic carbocycles. The van der Waals surface area contributed by atoms with E-state index in [1.54, 1.807) is 26.8 Å². The zero-order valence-electron chi connectivity index (χ0n) is 18.6. The highest BCUT2D eigenvalue weighted by molar-refractivity contribution is 6.00. The Labute approximate surface area is 181 Å². The zero-order valence-corrected chi connectivity index (χ0v) is 18.6. The fraction of sp³-hybridized carbons (Fsp3) is 0.455. The first-order chi connectivity index (χ1) is 14.7. The van der Waals surface area contributed by atoms with Crippen molar-refractivity contribution in [3.05, 3.63) is 62.5 Å². The van der Waals surface area contributed by atoms with Gasteiger partial charge in [0.15, 0.2) is 0 Å². The van der Waals surface area contributed by atoms with Gasteiger partial charge in [0.05, 0.1) is 35.2 Å². The molecule has 0 aliphatic carbocycles. The number of hydrogen-bond donors (Lipinski definition) is 1. The van der Waals surface area contributed by atoms with Gasteiger partial charge >= 0.3 is 11.9 Å². The van der Waals surface area contributed by atoms with Crippen molar-refractivity contribution in [2.75, 3.05) is 33.9 Å². The summed E-state index contributed by atoms with van der Waals surface area (Å²) in [5.41, 5.74) is 1.97. The van der Waals surface area contributed by atoms with Crippen molar-refractivity contribution in [3.8, 4) is 0 Å². The molecule has 1 unspecified atom stereocenters. The molecule has 0 spiro atoms. The van der Waals surface area contributed by atoms with E-state index >= 15 is 0 Å². The quantitative estimate of drug-likeness (QED) is 0.361. The van der Waals surface area contributed by atoms with E-state index in [1.807, 2.05) is 19.0 Å². The Morgan fingerprint density at radius 3 is 2.29 bits per heavy atom. The Morgan fingerprint density at radius 2 is 1.74 bits per heavy atom. The second-order valence-electron chi connectivity index (χ2n) is 7.34. The molecule has 2 rings (SSSR count). The minimum Gasteiger partial charge on any atom is -0.463 e. The Bertz CT molecular complexity index is 920. The maximum absolute atomic E-state index is 13.0. The van der Waals surface area contributed by atoms with E-state index in [-0.39, 0.29) is 30.0 Å². The van der Waals surface area contributed by atoms with E-state index in [0.717, 1.165) is 0 Å². The molecule has 0 aromatic heterocycles. The van der Waals surface area contributed by atoms with Crippen LogP contribution >= 0.6 is 0 Å². The van der Waals surface area contributed by atoms with Gasteiger partial charge in [-0.2, -0.15) is 0 Å². The van der Waals surface area contributed by atoms with Crippen LogP contribution in [0.4, 0.5) is 5.69 Å². The number of benzene rings is 1. The van der Waals surface area contributed by atoms with E-state index in [0.29, 0.717) is 29.9 Å². The van der Waals surface area contributed by atoms with Crippen molar-refractivity contribution in [3.63, 3.8) is 0 Å². The average Bonchev–Trinajstić information content (AvgIpc) is 2.71. The maximum atomic E-state index is 13.0. The lowest BCUT2D eigenvalue weighted by Crippen LogP contribution is -2.34. The first-order valence-electron chi connectivity index (χ1n) is 10.1. The number of rotatable bonds is 9. The molecule has 31 heavy (non-hydrogen) atoms. The molecule has 0 bridgehead atoms. The molecule has 0 saturated heterocycles. The number of carbonyl (C=O) groups is 2. The number of esters is 2. The Hall–Kier alpha value is -3.20. The second kappa shape index (κ2) is 10.7. The lowest BCUT2D eigenvalue weighted by atomic mass is 9.79. The molecule has 1 N–H and O–H groups in total. The van der Waals surface area contributed by atoms with Gasteiger partial charge < -0.3 is 19.7 Å². The molecule has 0 fully saturated rings. The van der Waals surface area contributed by atoms with Crippen molar-refractivity contribution >= 4 is 17.6 Å². The fourth-order valence-corrected chi connectivity index (χ4v) is 3.51. The fourth-order valence-electron chi connectivity index (χ4n) is 3.51. The van der Waals surface area contributed by atoms with E-state index in [4.69, 9.17) is 9.47 Å². The largest absolute Gasteiger partial charge is 0.463 e. The first-order valence-corrected chi connectivity index (χ1v) is 10.1. The zero-order chi connectivity index (χ0) is 23.1. The summed E-state index contributed by atoms with van der Waals surface area (Å²) in [5.74, 6) is -2.01. The highest BCUT2D eigenvalue weighted by Gasteiger charge is 2.39. The molecule has 168 valence electrons. The summed E-state index contributed by atoms with van der Waals surface area (Å²) in [6, 6.07) is 5.95. The van der Waals surface area contributed by atoms with Crippen LogP contribution in [0.25, 0.3) is 0 Å². The molecular weight excluding hydrogens is 402 g/mol. The number of nitrogens with zero attached hydrogens (tertiary/aromatic N) is 2. The van der Waals surface area contributed by atoms with E-state index in [9.17, 15) is 19.7 Å². The van der Waals surface area contributed by atoms with Crippen LogP contribution in [-0.4, -0.2) is 55.6 Å². The number of nitrogens with one attached hydrogen (secondary N) is 1. The molecule has 9 heteroatoms. The molecule has 1 aromatic rings. The number of hydrogen-bond acceptors (Lipinski definition) is 8. The number of ether oxygens (including phenoxy) is 2. The Kier molecular flexibility index (Phi) is 8.32. The summed E-state index contributed by atoms with van der Waals surface area (Å²) in [7, 11) is 3.83. The average molecular weight is 431 g/mol. The standard InChI is InChI=1S/C22H29N3O6/c1-6-30-21(26)18-14(3)23-17(11-12-24(4)5)20(22(27)31-7-2)19(18)15-9-8-10-16(13-15)25(28)29/h8-10,13,19,23H,6-7,11-12H2,1-5H3. The minimum absolute atomic E-state index is 0.130. The maximum Gasteiger partial charge on any atom is 0.336 e. The van der Waals surface area contributed by atoms with Gasteiger partial charge in [-0.25, -0.2) is 9.59 Å². The monoisotopic (exact) mass is 431 g/mol. The number of nitro benzene ring substituents is 1. The summed E-state index contributed by atoms with van der Waals surface area (Å²) >= 11 is 0. The molecule has 1 aliphatic heterocycles. The van der Waals surface area contributed by atoms with E-state index in [1.165, 1.54) is 18.2 Å². The topological polar surface area (TPSA) is 111 Å². The van der Waals surface area contributed by atoms with Crippen LogP contribution in [0.3, 0.4) is 0 Å². The van der Waals surface area contributed by atoms with Crippen LogP contribution in [0.15, 0.2) is 46.8 Å². The Balaban J connectivity index is 2.73. The summed E-state index contributed by atoms with van der Waals surface area (Å²) in [5, 5.41) is 14.5. The number of dihydropyridines is 1. The lowest BCUT2D eigenvalue weighted by molar-refractivity contribution is -0.384. The summed E-state index contributed by atoms with van der Waals surface area (Å²) in [6.07, 6.45) is 0.500. The number of carbonyl (C=O) groups excluding carboxylic acids is 2. The van der Waals surface area contributed by atoms with Crippen molar-refractivity contribution < 1.29 is 24.0 Å². The van der Waals surface area contributed by atoms with Crippen molar-refractivity contribution in [2.45, 2.75) is 33.1 Å². The van der Waals surface area contributed by atoms with Gasteiger partial charge in [0.25, 0.3) is 5.69 Å². The van der Waals surface area contributed by atoms with Crippen LogP contribution < -0.4 is 5.32 Å². The van der Waals surface area contributed by atoms with Crippen LogP contribution in [-0.2, 0) is 19.1 Å². The molecule has 0 amide bonds. The number of nitro groups is 1.